The molecule has 2 N–H and O–H groups in total. The molecule has 0 spiro atoms. The molecule has 0 unspecified atom stereocenters. The Hall–Kier alpha value is -5.11. The van der Waals surface area contributed by atoms with Crippen LogP contribution in [-0.4, -0.2) is 36.7 Å². The van der Waals surface area contributed by atoms with E-state index in [1.807, 2.05) is 115 Å². The summed E-state index contributed by atoms with van der Waals surface area (Å²) in [4.78, 5) is 14.6. The van der Waals surface area contributed by atoms with Gasteiger partial charge in [-0.05, 0) is 18.2 Å². The molecule has 0 aliphatic heterocycles. The van der Waals surface area contributed by atoms with E-state index in [0.29, 0.717) is 22.9 Å². The van der Waals surface area contributed by atoms with E-state index < -0.39 is 7.12 Å². The predicted molar refractivity (Wildman–Crippen MR) is 160 cm³/mol. The van der Waals surface area contributed by atoms with Crippen molar-refractivity contribution in [1.82, 2.24) is 19.5 Å². The van der Waals surface area contributed by atoms with Crippen molar-refractivity contribution in [3.63, 3.8) is 0 Å². The topological polar surface area (TPSA) is 84.1 Å². The van der Waals surface area contributed by atoms with Crippen LogP contribution in [-0.2, 0) is 0 Å². The summed E-state index contributed by atoms with van der Waals surface area (Å²) in [5, 5.41) is 22.5. The molecule has 0 aliphatic rings. The lowest BCUT2D eigenvalue weighted by Crippen LogP contribution is -2.31. The molecule has 6 nitrogen and oxygen atoms in total. The SMILES string of the molecule is OB(O)c1cccc2c3ccccc3n(-c3cccc(-c4nc(-c5ccccc5)nc(-c5ccccc5)n4)c3)c12. The molecule has 0 bridgehead atoms. The van der Waals surface area contributed by atoms with Crippen molar-refractivity contribution in [2.45, 2.75) is 0 Å². The molecule has 7 aromatic rings. The average molecular weight is 518 g/mol. The Kier molecular flexibility index (Phi) is 5.93. The number of aromatic nitrogens is 4. The molecule has 0 saturated heterocycles. The van der Waals surface area contributed by atoms with Crippen LogP contribution in [0.25, 0.3) is 61.7 Å². The molecule has 7 heteroatoms. The van der Waals surface area contributed by atoms with E-state index in [-0.39, 0.29) is 0 Å². The third kappa shape index (κ3) is 4.14. The van der Waals surface area contributed by atoms with Crippen LogP contribution in [0.4, 0.5) is 0 Å². The molecule has 0 amide bonds. The third-order valence-electron chi connectivity index (χ3n) is 7.07. The fraction of sp³-hybridized carbons (Fsp3) is 0. The van der Waals surface area contributed by atoms with Gasteiger partial charge in [-0.15, -0.1) is 0 Å². The molecule has 5 aromatic carbocycles. The van der Waals surface area contributed by atoms with Crippen LogP contribution in [0.3, 0.4) is 0 Å². The van der Waals surface area contributed by atoms with Crippen LogP contribution in [0.2, 0.25) is 0 Å². The predicted octanol–water partition coefficient (Wildman–Crippen LogP) is 5.65. The van der Waals surface area contributed by atoms with E-state index >= 15 is 0 Å². The van der Waals surface area contributed by atoms with Gasteiger partial charge in [0.2, 0.25) is 0 Å². The zero-order valence-corrected chi connectivity index (χ0v) is 21.4. The van der Waals surface area contributed by atoms with Gasteiger partial charge in [0.25, 0.3) is 0 Å². The molecule has 40 heavy (non-hydrogen) atoms. The van der Waals surface area contributed by atoms with Crippen molar-refractivity contribution in [2.75, 3.05) is 0 Å². The van der Waals surface area contributed by atoms with E-state index in [1.54, 1.807) is 6.07 Å². The van der Waals surface area contributed by atoms with Crippen LogP contribution in [0.5, 0.6) is 0 Å². The Balaban J connectivity index is 1.46. The lowest BCUT2D eigenvalue weighted by Gasteiger charge is -2.13. The molecule has 0 radical (unpaired) electrons. The van der Waals surface area contributed by atoms with Crippen LogP contribution >= 0.6 is 0 Å². The zero-order valence-electron chi connectivity index (χ0n) is 21.4. The fourth-order valence-electron chi connectivity index (χ4n) is 5.24. The number of hydrogen-bond donors (Lipinski definition) is 2. The van der Waals surface area contributed by atoms with Gasteiger partial charge in [-0.25, -0.2) is 15.0 Å². The Morgan fingerprint density at radius 3 is 1.68 bits per heavy atom. The Bertz CT molecular complexity index is 1930. The summed E-state index contributed by atoms with van der Waals surface area (Å²) in [6.07, 6.45) is 0. The van der Waals surface area contributed by atoms with Gasteiger partial charge < -0.3 is 14.6 Å². The molecule has 7 rings (SSSR count). The van der Waals surface area contributed by atoms with Gasteiger partial charge in [0, 0.05) is 38.6 Å². The number of hydrogen-bond acceptors (Lipinski definition) is 5. The first-order valence-corrected chi connectivity index (χ1v) is 13.0. The highest BCUT2D eigenvalue weighted by Gasteiger charge is 2.22. The quantitative estimate of drug-likeness (QED) is 0.288. The number of para-hydroxylation sites is 2. The smallest absolute Gasteiger partial charge is 0.423 e. The summed E-state index contributed by atoms with van der Waals surface area (Å²) >= 11 is 0. The minimum atomic E-state index is -1.61. The van der Waals surface area contributed by atoms with Crippen molar-refractivity contribution in [3.05, 3.63) is 127 Å². The maximum absolute atomic E-state index is 10.2. The average Bonchev–Trinajstić information content (AvgIpc) is 3.36. The number of fused-ring (bicyclic) bond motifs is 3. The highest BCUT2D eigenvalue weighted by atomic mass is 16.4. The largest absolute Gasteiger partial charge is 0.490 e. The first-order chi connectivity index (χ1) is 19.7. The second kappa shape index (κ2) is 9.89. The number of benzene rings is 5. The first-order valence-electron chi connectivity index (χ1n) is 13.0. The summed E-state index contributed by atoms with van der Waals surface area (Å²) in [6, 6.07) is 41.4. The zero-order chi connectivity index (χ0) is 27.1. The monoisotopic (exact) mass is 518 g/mol. The number of nitrogens with zero attached hydrogens (tertiary/aromatic N) is 4. The molecule has 0 aliphatic carbocycles. The van der Waals surface area contributed by atoms with E-state index in [0.717, 1.165) is 44.2 Å². The highest BCUT2D eigenvalue weighted by molar-refractivity contribution is 6.62. The van der Waals surface area contributed by atoms with E-state index in [2.05, 4.69) is 10.6 Å². The molecule has 0 saturated carbocycles. The summed E-state index contributed by atoms with van der Waals surface area (Å²) in [5.74, 6) is 1.74. The van der Waals surface area contributed by atoms with Crippen LogP contribution in [0.15, 0.2) is 127 Å². The molecule has 0 atom stereocenters. The maximum Gasteiger partial charge on any atom is 0.490 e. The maximum atomic E-state index is 10.2. The lowest BCUT2D eigenvalue weighted by atomic mass is 9.79. The molecule has 2 heterocycles. The van der Waals surface area contributed by atoms with Gasteiger partial charge in [0.1, 0.15) is 0 Å². The summed E-state index contributed by atoms with van der Waals surface area (Å²) in [5.41, 5.74) is 5.65. The normalized spacial score (nSPS) is 11.2. The molecule has 0 fully saturated rings. The van der Waals surface area contributed by atoms with Crippen molar-refractivity contribution in [2.24, 2.45) is 0 Å². The van der Waals surface area contributed by atoms with Gasteiger partial charge in [-0.3, -0.25) is 0 Å². The Morgan fingerprint density at radius 1 is 0.500 bits per heavy atom. The van der Waals surface area contributed by atoms with Crippen LogP contribution < -0.4 is 5.46 Å². The van der Waals surface area contributed by atoms with Gasteiger partial charge in [0.05, 0.1) is 11.0 Å². The second-order valence-electron chi connectivity index (χ2n) is 9.56. The second-order valence-corrected chi connectivity index (χ2v) is 9.56. The fourth-order valence-corrected chi connectivity index (χ4v) is 5.24. The van der Waals surface area contributed by atoms with Gasteiger partial charge >= 0.3 is 7.12 Å². The van der Waals surface area contributed by atoms with Crippen molar-refractivity contribution in [3.8, 4) is 39.9 Å². The van der Waals surface area contributed by atoms with E-state index in [9.17, 15) is 10.0 Å². The standard InChI is InChI=1S/C33H23BN4O2/c39-34(40)28-19-10-18-27-26-17-7-8-20-29(26)38(30(27)28)25-16-9-15-24(21-25)33-36-31(22-11-3-1-4-12-22)35-32(37-33)23-13-5-2-6-14-23/h1-21,39-40H. The number of rotatable bonds is 5. The summed E-state index contributed by atoms with van der Waals surface area (Å²) < 4.78 is 2.07. The van der Waals surface area contributed by atoms with E-state index in [1.165, 1.54) is 0 Å². The van der Waals surface area contributed by atoms with Gasteiger partial charge in [-0.2, -0.15) is 0 Å². The van der Waals surface area contributed by atoms with Crippen molar-refractivity contribution >= 4 is 34.4 Å². The van der Waals surface area contributed by atoms with Gasteiger partial charge in [-0.1, -0.05) is 109 Å². The Labute approximate surface area is 231 Å². The third-order valence-corrected chi connectivity index (χ3v) is 7.07. The molecule has 2 aromatic heterocycles. The Morgan fingerprint density at radius 2 is 1.02 bits per heavy atom. The minimum Gasteiger partial charge on any atom is -0.423 e. The van der Waals surface area contributed by atoms with Crippen molar-refractivity contribution < 1.29 is 10.0 Å². The molecule has 190 valence electrons. The highest BCUT2D eigenvalue weighted by Crippen LogP contribution is 2.33. The summed E-state index contributed by atoms with van der Waals surface area (Å²) in [6.45, 7) is 0. The molecular weight excluding hydrogens is 495 g/mol. The minimum absolute atomic E-state index is 0.442. The van der Waals surface area contributed by atoms with Crippen LogP contribution in [0, 0.1) is 0 Å². The summed E-state index contributed by atoms with van der Waals surface area (Å²) in [7, 11) is -1.61. The van der Waals surface area contributed by atoms with Gasteiger partial charge in [0.15, 0.2) is 17.5 Å². The molecular formula is C33H23BN4O2. The lowest BCUT2D eigenvalue weighted by molar-refractivity contribution is 0.426. The first kappa shape index (κ1) is 24.0. The van der Waals surface area contributed by atoms with Crippen LogP contribution in [0.1, 0.15) is 0 Å². The van der Waals surface area contributed by atoms with Crippen molar-refractivity contribution in [1.29, 1.82) is 0 Å². The van der Waals surface area contributed by atoms with E-state index in [4.69, 9.17) is 15.0 Å².